The molecule has 0 saturated carbocycles. The van der Waals surface area contributed by atoms with Crippen molar-refractivity contribution in [2.75, 3.05) is 37.9 Å². The van der Waals surface area contributed by atoms with Crippen LogP contribution in [0.5, 0.6) is 11.5 Å². The number of piperidine rings is 1. The van der Waals surface area contributed by atoms with Crippen molar-refractivity contribution < 1.29 is 23.9 Å². The highest BCUT2D eigenvalue weighted by Gasteiger charge is 2.29. The Labute approximate surface area is 207 Å². The molecule has 0 unspecified atom stereocenters. The average molecular weight is 494 g/mol. The predicted molar refractivity (Wildman–Crippen MR) is 136 cm³/mol. The second kappa shape index (κ2) is 11.1. The molecule has 1 fully saturated rings. The Morgan fingerprint density at radius 3 is 2.09 bits per heavy atom. The van der Waals surface area contributed by atoms with E-state index in [9.17, 15) is 14.4 Å². The zero-order chi connectivity index (χ0) is 24.8. The number of anilines is 2. The number of methoxy groups -OCH3 is 2. The van der Waals surface area contributed by atoms with E-state index < -0.39 is 0 Å². The highest BCUT2D eigenvalue weighted by molar-refractivity contribution is 7.12. The maximum atomic E-state index is 13.0. The average Bonchev–Trinajstić information content (AvgIpc) is 3.44. The van der Waals surface area contributed by atoms with Crippen molar-refractivity contribution in [3.63, 3.8) is 0 Å². The number of benzene rings is 2. The van der Waals surface area contributed by atoms with Crippen molar-refractivity contribution in [2.24, 2.45) is 5.92 Å². The number of amides is 3. The molecule has 35 heavy (non-hydrogen) atoms. The lowest BCUT2D eigenvalue weighted by Gasteiger charge is -2.31. The molecule has 4 rings (SSSR count). The van der Waals surface area contributed by atoms with Gasteiger partial charge < -0.3 is 25.0 Å². The van der Waals surface area contributed by atoms with Gasteiger partial charge in [0.15, 0.2) is 0 Å². The molecule has 8 nitrogen and oxygen atoms in total. The Hall–Kier alpha value is -3.85. The van der Waals surface area contributed by atoms with Gasteiger partial charge in [-0.25, -0.2) is 0 Å². The van der Waals surface area contributed by atoms with E-state index in [0.717, 1.165) is 0 Å². The van der Waals surface area contributed by atoms with Crippen molar-refractivity contribution in [3.05, 3.63) is 70.4 Å². The number of carbonyl (C=O) groups is 3. The van der Waals surface area contributed by atoms with Crippen LogP contribution in [0.25, 0.3) is 0 Å². The minimum atomic E-state index is -0.286. The summed E-state index contributed by atoms with van der Waals surface area (Å²) in [5.41, 5.74) is 1.38. The molecule has 0 spiro atoms. The lowest BCUT2D eigenvalue weighted by atomic mass is 9.95. The normalized spacial score (nSPS) is 13.7. The maximum absolute atomic E-state index is 13.0. The smallest absolute Gasteiger partial charge is 0.263 e. The van der Waals surface area contributed by atoms with E-state index >= 15 is 0 Å². The minimum Gasteiger partial charge on any atom is -0.494 e. The first kappa shape index (κ1) is 24.3. The fraction of sp³-hybridized carbons (Fsp3) is 0.269. The number of nitrogens with one attached hydrogen (secondary N) is 2. The number of carbonyl (C=O) groups excluding carboxylic acids is 3. The van der Waals surface area contributed by atoms with E-state index in [4.69, 9.17) is 9.47 Å². The van der Waals surface area contributed by atoms with Crippen molar-refractivity contribution >= 4 is 40.4 Å². The van der Waals surface area contributed by atoms with Crippen molar-refractivity contribution in [3.8, 4) is 11.5 Å². The molecule has 1 aliphatic rings. The van der Waals surface area contributed by atoms with Gasteiger partial charge >= 0.3 is 0 Å². The SMILES string of the molecule is COc1cc(NC(=O)C2CCN(C(=O)c3cccs3)CC2)c(OC)cc1NC(=O)c1ccccc1. The van der Waals surface area contributed by atoms with Crippen LogP contribution < -0.4 is 20.1 Å². The van der Waals surface area contributed by atoms with Crippen LogP contribution in [0.2, 0.25) is 0 Å². The molecule has 1 aromatic heterocycles. The van der Waals surface area contributed by atoms with Gasteiger partial charge in [0.2, 0.25) is 5.91 Å². The van der Waals surface area contributed by atoms with E-state index in [-0.39, 0.29) is 23.6 Å². The van der Waals surface area contributed by atoms with E-state index in [1.54, 1.807) is 41.3 Å². The number of hydrogen-bond donors (Lipinski definition) is 2. The summed E-state index contributed by atoms with van der Waals surface area (Å²) in [6.07, 6.45) is 1.15. The number of nitrogens with zero attached hydrogens (tertiary/aromatic N) is 1. The molecule has 3 aromatic rings. The molecule has 0 radical (unpaired) electrons. The molecule has 0 bridgehead atoms. The second-order valence-electron chi connectivity index (χ2n) is 8.11. The molecule has 2 heterocycles. The van der Waals surface area contributed by atoms with Gasteiger partial charge in [0.1, 0.15) is 11.5 Å². The third kappa shape index (κ3) is 5.63. The summed E-state index contributed by atoms with van der Waals surface area (Å²) in [7, 11) is 2.99. The summed E-state index contributed by atoms with van der Waals surface area (Å²) in [6.45, 7) is 1.06. The van der Waals surface area contributed by atoms with Gasteiger partial charge in [0.05, 0.1) is 30.5 Å². The molecular weight excluding hydrogens is 466 g/mol. The van der Waals surface area contributed by atoms with Gasteiger partial charge in [0.25, 0.3) is 11.8 Å². The fourth-order valence-corrected chi connectivity index (χ4v) is 4.70. The van der Waals surface area contributed by atoms with Crippen LogP contribution in [0.3, 0.4) is 0 Å². The first-order valence-corrected chi connectivity index (χ1v) is 12.1. The molecule has 3 amide bonds. The van der Waals surface area contributed by atoms with Crippen LogP contribution in [0, 0.1) is 5.92 Å². The summed E-state index contributed by atoms with van der Waals surface area (Å²) in [4.78, 5) is 40.7. The monoisotopic (exact) mass is 493 g/mol. The topological polar surface area (TPSA) is 97.0 Å². The van der Waals surface area contributed by atoms with Crippen LogP contribution in [0.1, 0.15) is 32.9 Å². The molecule has 9 heteroatoms. The predicted octanol–water partition coefficient (Wildman–Crippen LogP) is 4.51. The quantitative estimate of drug-likeness (QED) is 0.505. The zero-order valence-electron chi connectivity index (χ0n) is 19.6. The molecule has 0 atom stereocenters. The second-order valence-corrected chi connectivity index (χ2v) is 9.05. The number of likely N-dealkylation sites (tertiary alicyclic amines) is 1. The van der Waals surface area contributed by atoms with E-state index in [0.29, 0.717) is 59.2 Å². The number of thiophene rings is 1. The Morgan fingerprint density at radius 1 is 0.886 bits per heavy atom. The Bertz CT molecular complexity index is 1190. The van der Waals surface area contributed by atoms with Gasteiger partial charge in [-0.3, -0.25) is 14.4 Å². The molecule has 2 aromatic carbocycles. The van der Waals surface area contributed by atoms with Crippen LogP contribution >= 0.6 is 11.3 Å². The maximum Gasteiger partial charge on any atom is 0.263 e. The molecule has 2 N–H and O–H groups in total. The lowest BCUT2D eigenvalue weighted by molar-refractivity contribution is -0.121. The lowest BCUT2D eigenvalue weighted by Crippen LogP contribution is -2.41. The first-order valence-electron chi connectivity index (χ1n) is 11.3. The summed E-state index contributed by atoms with van der Waals surface area (Å²) in [5, 5.41) is 7.64. The van der Waals surface area contributed by atoms with Gasteiger partial charge in [-0.05, 0) is 36.4 Å². The van der Waals surface area contributed by atoms with Crippen LogP contribution in [0.15, 0.2) is 60.0 Å². The van der Waals surface area contributed by atoms with Crippen LogP contribution in [-0.2, 0) is 4.79 Å². The van der Waals surface area contributed by atoms with E-state index in [1.807, 2.05) is 23.6 Å². The first-order chi connectivity index (χ1) is 17.0. The van der Waals surface area contributed by atoms with Crippen LogP contribution in [0.4, 0.5) is 11.4 Å². The number of hydrogen-bond acceptors (Lipinski definition) is 6. The Morgan fingerprint density at radius 2 is 1.51 bits per heavy atom. The van der Waals surface area contributed by atoms with E-state index in [1.165, 1.54) is 25.6 Å². The summed E-state index contributed by atoms with van der Waals surface area (Å²) >= 11 is 1.42. The molecule has 0 aliphatic carbocycles. The summed E-state index contributed by atoms with van der Waals surface area (Å²) < 4.78 is 10.9. The zero-order valence-corrected chi connectivity index (χ0v) is 20.4. The molecule has 182 valence electrons. The van der Waals surface area contributed by atoms with Gasteiger partial charge in [-0.2, -0.15) is 0 Å². The minimum absolute atomic E-state index is 0.0124. The highest BCUT2D eigenvalue weighted by atomic mass is 32.1. The Kier molecular flexibility index (Phi) is 7.67. The standard InChI is InChI=1S/C26H27N3O5S/c1-33-21-16-20(22(34-2)15-19(21)27-24(30)17-7-4-3-5-8-17)28-25(31)18-10-12-29(13-11-18)26(32)23-9-6-14-35-23/h3-9,14-16,18H,10-13H2,1-2H3,(H,27,30)(H,28,31). The van der Waals surface area contributed by atoms with Gasteiger partial charge in [-0.1, -0.05) is 24.3 Å². The largest absolute Gasteiger partial charge is 0.494 e. The third-order valence-electron chi connectivity index (χ3n) is 5.95. The van der Waals surface area contributed by atoms with Gasteiger partial charge in [-0.15, -0.1) is 11.3 Å². The van der Waals surface area contributed by atoms with Crippen molar-refractivity contribution in [1.82, 2.24) is 4.90 Å². The van der Waals surface area contributed by atoms with Crippen molar-refractivity contribution in [2.45, 2.75) is 12.8 Å². The molecular formula is C26H27N3O5S. The fourth-order valence-electron chi connectivity index (χ4n) is 4.01. The van der Waals surface area contributed by atoms with Crippen molar-refractivity contribution in [1.29, 1.82) is 0 Å². The highest BCUT2D eigenvalue weighted by Crippen LogP contribution is 2.37. The van der Waals surface area contributed by atoms with E-state index in [2.05, 4.69) is 10.6 Å². The summed E-state index contributed by atoms with van der Waals surface area (Å²) in [5.74, 6) is 0.143. The number of ether oxygens (including phenoxy) is 2. The number of rotatable bonds is 7. The van der Waals surface area contributed by atoms with Gasteiger partial charge in [0, 0.05) is 36.7 Å². The molecule has 1 aliphatic heterocycles. The summed E-state index contributed by atoms with van der Waals surface area (Å²) in [6, 6.07) is 15.8. The van der Waals surface area contributed by atoms with Crippen LogP contribution in [-0.4, -0.2) is 49.9 Å². The Balaban J connectivity index is 1.42. The third-order valence-corrected chi connectivity index (χ3v) is 6.81. The molecule has 1 saturated heterocycles.